The summed E-state index contributed by atoms with van der Waals surface area (Å²) >= 11 is 0. The average Bonchev–Trinajstić information content (AvgIpc) is 2.55. The van der Waals surface area contributed by atoms with Crippen LogP contribution in [0.15, 0.2) is 60.7 Å². The van der Waals surface area contributed by atoms with Gasteiger partial charge in [-0.3, -0.25) is 0 Å². The number of nitrogens with one attached hydrogen (secondary N) is 1. The molecule has 0 saturated carbocycles. The molecule has 1 unspecified atom stereocenters. The molecule has 3 aromatic rings. The summed E-state index contributed by atoms with van der Waals surface area (Å²) in [5.74, 6) is 0.893. The van der Waals surface area contributed by atoms with E-state index in [9.17, 15) is 0 Å². The van der Waals surface area contributed by atoms with Gasteiger partial charge in [0.05, 0.1) is 5.52 Å². The maximum atomic E-state index is 5.63. The third kappa shape index (κ3) is 3.03. The van der Waals surface area contributed by atoms with E-state index in [-0.39, 0.29) is 6.04 Å². The van der Waals surface area contributed by atoms with Crippen LogP contribution in [0.3, 0.4) is 0 Å². The molecule has 21 heavy (non-hydrogen) atoms. The molecule has 2 aromatic carbocycles. The molecule has 0 radical (unpaired) electrons. The lowest BCUT2D eigenvalue weighted by Gasteiger charge is -2.15. The molecule has 3 nitrogen and oxygen atoms in total. The van der Waals surface area contributed by atoms with Crippen molar-refractivity contribution in [3.8, 4) is 0 Å². The number of rotatable bonds is 4. The summed E-state index contributed by atoms with van der Waals surface area (Å²) in [4.78, 5) is 4.64. The highest BCUT2D eigenvalue weighted by Gasteiger charge is 2.06. The lowest BCUT2D eigenvalue weighted by molar-refractivity contribution is 0.874. The van der Waals surface area contributed by atoms with E-state index in [0.717, 1.165) is 22.3 Å². The summed E-state index contributed by atoms with van der Waals surface area (Å²) in [6.07, 6.45) is 0. The van der Waals surface area contributed by atoms with Crippen molar-refractivity contribution in [2.45, 2.75) is 19.5 Å². The van der Waals surface area contributed by atoms with E-state index in [0.29, 0.717) is 6.54 Å². The molecule has 0 saturated heterocycles. The predicted octanol–water partition coefficient (Wildman–Crippen LogP) is 3.87. The molecule has 1 heterocycles. The number of aromatic nitrogens is 1. The van der Waals surface area contributed by atoms with Gasteiger partial charge in [0.25, 0.3) is 0 Å². The van der Waals surface area contributed by atoms with Gasteiger partial charge in [-0.15, -0.1) is 0 Å². The molecule has 1 atom stereocenters. The summed E-state index contributed by atoms with van der Waals surface area (Å²) in [6.45, 7) is 2.71. The zero-order valence-electron chi connectivity index (χ0n) is 12.1. The van der Waals surface area contributed by atoms with Crippen molar-refractivity contribution in [2.75, 3.05) is 5.32 Å². The maximum Gasteiger partial charge on any atom is 0.127 e. The molecule has 1 aromatic heterocycles. The Bertz CT molecular complexity index is 735. The fraction of sp³-hybridized carbons (Fsp3) is 0.167. The topological polar surface area (TPSA) is 50.9 Å². The summed E-state index contributed by atoms with van der Waals surface area (Å²) in [7, 11) is 0. The van der Waals surface area contributed by atoms with Crippen molar-refractivity contribution in [2.24, 2.45) is 5.73 Å². The van der Waals surface area contributed by atoms with Crippen LogP contribution in [0.2, 0.25) is 0 Å². The number of hydrogen-bond donors (Lipinski definition) is 2. The normalized spacial score (nSPS) is 12.3. The Morgan fingerprint density at radius 3 is 2.52 bits per heavy atom. The molecule has 0 amide bonds. The molecule has 0 bridgehead atoms. The molecular weight excluding hydrogens is 258 g/mol. The van der Waals surface area contributed by atoms with E-state index >= 15 is 0 Å². The largest absolute Gasteiger partial charge is 0.364 e. The Balaban J connectivity index is 1.79. The number of fused-ring (bicyclic) bond motifs is 1. The first-order valence-electron chi connectivity index (χ1n) is 7.17. The summed E-state index contributed by atoms with van der Waals surface area (Å²) in [5, 5.41) is 4.60. The van der Waals surface area contributed by atoms with Gasteiger partial charge in [-0.2, -0.15) is 0 Å². The number of pyridine rings is 1. The van der Waals surface area contributed by atoms with Crippen molar-refractivity contribution in [1.29, 1.82) is 0 Å². The number of benzene rings is 2. The number of hydrogen-bond acceptors (Lipinski definition) is 3. The second-order valence-electron chi connectivity index (χ2n) is 5.20. The van der Waals surface area contributed by atoms with E-state index in [1.54, 1.807) is 0 Å². The van der Waals surface area contributed by atoms with Gasteiger partial charge in [-0.1, -0.05) is 42.5 Å². The lowest BCUT2D eigenvalue weighted by Crippen LogP contribution is -2.08. The summed E-state index contributed by atoms with van der Waals surface area (Å²) in [6, 6.07) is 20.8. The van der Waals surface area contributed by atoms with Gasteiger partial charge in [-0.05, 0) is 36.2 Å². The smallest absolute Gasteiger partial charge is 0.127 e. The van der Waals surface area contributed by atoms with Crippen molar-refractivity contribution >= 4 is 16.7 Å². The van der Waals surface area contributed by atoms with Crippen molar-refractivity contribution in [1.82, 2.24) is 4.98 Å². The second kappa shape index (κ2) is 5.94. The Hall–Kier alpha value is -2.39. The van der Waals surface area contributed by atoms with Gasteiger partial charge < -0.3 is 11.1 Å². The molecule has 0 aliphatic heterocycles. The van der Waals surface area contributed by atoms with Crippen LogP contribution in [0, 0.1) is 0 Å². The average molecular weight is 277 g/mol. The molecule has 3 N–H and O–H groups in total. The Labute approximate surface area is 124 Å². The predicted molar refractivity (Wildman–Crippen MR) is 88.1 cm³/mol. The van der Waals surface area contributed by atoms with Crippen molar-refractivity contribution < 1.29 is 0 Å². The SMILES string of the molecule is CC(Nc1ccc2ccccc2n1)c1ccc(CN)cc1. The van der Waals surface area contributed by atoms with E-state index < -0.39 is 0 Å². The van der Waals surface area contributed by atoms with Crippen LogP contribution in [0.5, 0.6) is 0 Å². The van der Waals surface area contributed by atoms with Gasteiger partial charge in [0.15, 0.2) is 0 Å². The molecule has 106 valence electrons. The quantitative estimate of drug-likeness (QED) is 0.761. The van der Waals surface area contributed by atoms with Crippen LogP contribution < -0.4 is 11.1 Å². The molecular formula is C18H19N3. The fourth-order valence-electron chi connectivity index (χ4n) is 2.39. The number of para-hydroxylation sites is 1. The lowest BCUT2D eigenvalue weighted by atomic mass is 10.1. The monoisotopic (exact) mass is 277 g/mol. The van der Waals surface area contributed by atoms with Crippen LogP contribution in [0.4, 0.5) is 5.82 Å². The van der Waals surface area contributed by atoms with Crippen molar-refractivity contribution in [3.05, 3.63) is 71.8 Å². The van der Waals surface area contributed by atoms with Crippen molar-refractivity contribution in [3.63, 3.8) is 0 Å². The molecule has 0 spiro atoms. The van der Waals surface area contributed by atoms with Crippen LogP contribution >= 0.6 is 0 Å². The second-order valence-corrected chi connectivity index (χ2v) is 5.20. The third-order valence-corrected chi connectivity index (χ3v) is 3.68. The number of nitrogens with zero attached hydrogens (tertiary/aromatic N) is 1. The van der Waals surface area contributed by atoms with E-state index in [1.807, 2.05) is 24.3 Å². The first-order valence-corrected chi connectivity index (χ1v) is 7.17. The third-order valence-electron chi connectivity index (χ3n) is 3.68. The molecule has 3 heteroatoms. The van der Waals surface area contributed by atoms with E-state index in [2.05, 4.69) is 53.6 Å². The Morgan fingerprint density at radius 1 is 1.00 bits per heavy atom. The Kier molecular flexibility index (Phi) is 3.84. The van der Waals surface area contributed by atoms with Gasteiger partial charge in [0, 0.05) is 18.0 Å². The first kappa shape index (κ1) is 13.6. The van der Waals surface area contributed by atoms with E-state index in [1.165, 1.54) is 5.56 Å². The number of anilines is 1. The minimum atomic E-state index is 0.200. The summed E-state index contributed by atoms with van der Waals surface area (Å²) < 4.78 is 0. The van der Waals surface area contributed by atoms with Crippen LogP contribution in [-0.4, -0.2) is 4.98 Å². The molecule has 0 aliphatic rings. The number of nitrogens with two attached hydrogens (primary N) is 1. The van der Waals surface area contributed by atoms with Crippen LogP contribution in [-0.2, 0) is 6.54 Å². The molecule has 0 aliphatic carbocycles. The highest BCUT2D eigenvalue weighted by molar-refractivity contribution is 5.80. The Morgan fingerprint density at radius 2 is 1.76 bits per heavy atom. The maximum absolute atomic E-state index is 5.63. The van der Waals surface area contributed by atoms with Gasteiger partial charge in [0.2, 0.25) is 0 Å². The fourth-order valence-corrected chi connectivity index (χ4v) is 2.39. The van der Waals surface area contributed by atoms with Gasteiger partial charge >= 0.3 is 0 Å². The minimum absolute atomic E-state index is 0.200. The molecule has 0 fully saturated rings. The van der Waals surface area contributed by atoms with Gasteiger partial charge in [-0.25, -0.2) is 4.98 Å². The standard InChI is InChI=1S/C18H19N3/c1-13(15-8-6-14(12-19)7-9-15)20-18-11-10-16-4-2-3-5-17(16)21-18/h2-11,13H,12,19H2,1H3,(H,20,21). The summed E-state index contributed by atoms with van der Waals surface area (Å²) in [5.41, 5.74) is 9.01. The minimum Gasteiger partial charge on any atom is -0.364 e. The zero-order valence-corrected chi connectivity index (χ0v) is 12.1. The zero-order chi connectivity index (χ0) is 14.7. The van der Waals surface area contributed by atoms with Crippen LogP contribution in [0.1, 0.15) is 24.1 Å². The van der Waals surface area contributed by atoms with Crippen LogP contribution in [0.25, 0.3) is 10.9 Å². The highest BCUT2D eigenvalue weighted by Crippen LogP contribution is 2.20. The molecule has 3 rings (SSSR count). The van der Waals surface area contributed by atoms with E-state index in [4.69, 9.17) is 5.73 Å². The highest BCUT2D eigenvalue weighted by atomic mass is 15.0. The first-order chi connectivity index (χ1) is 10.3. The van der Waals surface area contributed by atoms with Gasteiger partial charge in [0.1, 0.15) is 5.82 Å².